The Morgan fingerprint density at radius 3 is 2.36 bits per heavy atom. The highest BCUT2D eigenvalue weighted by atomic mass is 32.1. The first kappa shape index (κ1) is 11.2. The minimum absolute atomic E-state index is 0.433. The van der Waals surface area contributed by atoms with Crippen LogP contribution in [0.2, 0.25) is 0 Å². The van der Waals surface area contributed by atoms with Crippen LogP contribution in [-0.4, -0.2) is 24.0 Å². The number of hydrogen-bond acceptors (Lipinski definition) is 1. The Kier molecular flexibility index (Phi) is 4.08. The summed E-state index contributed by atoms with van der Waals surface area (Å²) < 4.78 is 0. The van der Waals surface area contributed by atoms with E-state index in [2.05, 4.69) is 31.2 Å². The summed E-state index contributed by atoms with van der Waals surface area (Å²) in [4.78, 5) is 3.04. The Hall–Kier alpha value is -0.890. The predicted molar refractivity (Wildman–Crippen MR) is 65.6 cm³/mol. The second-order valence-electron chi connectivity index (χ2n) is 3.82. The first-order valence-electron chi connectivity index (χ1n) is 4.86. The molecule has 0 aliphatic rings. The maximum Gasteiger partial charge on any atom is 0.0806 e. The molecular formula is C12H17NS. The number of thiocarbonyl (C=S) groups is 1. The van der Waals surface area contributed by atoms with Crippen LogP contribution in [0.4, 0.5) is 0 Å². The highest BCUT2D eigenvalue weighted by Crippen LogP contribution is 2.10. The first-order chi connectivity index (χ1) is 6.61. The van der Waals surface area contributed by atoms with Gasteiger partial charge in [-0.15, -0.1) is 0 Å². The number of hydrogen-bond donors (Lipinski definition) is 0. The molecule has 0 aliphatic heterocycles. The molecule has 14 heavy (non-hydrogen) atoms. The van der Waals surface area contributed by atoms with Gasteiger partial charge in [0.05, 0.1) is 4.99 Å². The summed E-state index contributed by atoms with van der Waals surface area (Å²) in [6.07, 6.45) is 1.03. The lowest BCUT2D eigenvalue weighted by Crippen LogP contribution is -2.27. The summed E-state index contributed by atoms with van der Waals surface area (Å²) in [7, 11) is 4.01. The minimum atomic E-state index is 0.433. The molecule has 1 rings (SSSR count). The van der Waals surface area contributed by atoms with Gasteiger partial charge in [0.1, 0.15) is 0 Å². The molecule has 0 bridgehead atoms. The molecule has 0 spiro atoms. The minimum Gasteiger partial charge on any atom is -0.372 e. The van der Waals surface area contributed by atoms with Crippen LogP contribution in [-0.2, 0) is 6.42 Å². The number of rotatable bonds is 3. The quantitative estimate of drug-likeness (QED) is 0.701. The van der Waals surface area contributed by atoms with Crippen molar-refractivity contribution in [1.82, 2.24) is 4.90 Å². The van der Waals surface area contributed by atoms with Crippen molar-refractivity contribution >= 4 is 17.2 Å². The van der Waals surface area contributed by atoms with Crippen LogP contribution in [0.1, 0.15) is 12.5 Å². The summed E-state index contributed by atoms with van der Waals surface area (Å²) in [6, 6.07) is 10.5. The lowest BCUT2D eigenvalue weighted by molar-refractivity contribution is 0.575. The molecule has 0 fully saturated rings. The third-order valence-corrected chi connectivity index (χ3v) is 3.01. The largest absolute Gasteiger partial charge is 0.372 e. The van der Waals surface area contributed by atoms with Crippen LogP contribution in [0, 0.1) is 5.92 Å². The summed E-state index contributed by atoms with van der Waals surface area (Å²) in [5, 5.41) is 0. The number of benzene rings is 1. The lowest BCUT2D eigenvalue weighted by atomic mass is 10.0. The van der Waals surface area contributed by atoms with Crippen molar-refractivity contribution in [2.24, 2.45) is 5.92 Å². The van der Waals surface area contributed by atoms with Gasteiger partial charge in [-0.25, -0.2) is 0 Å². The Labute approximate surface area is 91.7 Å². The summed E-state index contributed by atoms with van der Waals surface area (Å²) in [5.41, 5.74) is 1.35. The molecule has 1 aromatic carbocycles. The third-order valence-electron chi connectivity index (χ3n) is 2.25. The maximum atomic E-state index is 5.33. The van der Waals surface area contributed by atoms with E-state index in [-0.39, 0.29) is 0 Å². The first-order valence-corrected chi connectivity index (χ1v) is 5.27. The maximum absolute atomic E-state index is 5.33. The van der Waals surface area contributed by atoms with Gasteiger partial charge in [-0.1, -0.05) is 49.5 Å². The fourth-order valence-electron chi connectivity index (χ4n) is 1.50. The van der Waals surface area contributed by atoms with Gasteiger partial charge in [0, 0.05) is 20.0 Å². The fraction of sp³-hybridized carbons (Fsp3) is 0.417. The second kappa shape index (κ2) is 5.11. The van der Waals surface area contributed by atoms with Crippen molar-refractivity contribution in [2.45, 2.75) is 13.3 Å². The molecule has 76 valence electrons. The molecule has 0 radical (unpaired) electrons. The molecule has 0 saturated heterocycles. The zero-order valence-electron chi connectivity index (χ0n) is 9.03. The zero-order valence-corrected chi connectivity index (χ0v) is 9.84. The molecule has 0 saturated carbocycles. The van der Waals surface area contributed by atoms with Crippen molar-refractivity contribution in [3.63, 3.8) is 0 Å². The normalized spacial score (nSPS) is 12.2. The Morgan fingerprint density at radius 1 is 1.29 bits per heavy atom. The standard InChI is InChI=1S/C12H17NS/c1-10(12(14)13(2)3)9-11-7-5-4-6-8-11/h4-8,10H,9H2,1-3H3/t10-/m1/s1. The average molecular weight is 207 g/mol. The van der Waals surface area contributed by atoms with Crippen molar-refractivity contribution in [2.75, 3.05) is 14.1 Å². The smallest absolute Gasteiger partial charge is 0.0806 e. The molecule has 0 aromatic heterocycles. The van der Waals surface area contributed by atoms with E-state index in [1.54, 1.807) is 0 Å². The van der Waals surface area contributed by atoms with Crippen LogP contribution in [0.5, 0.6) is 0 Å². The fourth-order valence-corrected chi connectivity index (χ4v) is 1.58. The summed E-state index contributed by atoms with van der Waals surface area (Å²) in [5.74, 6) is 0.433. The van der Waals surface area contributed by atoms with Gasteiger partial charge in [0.15, 0.2) is 0 Å². The van der Waals surface area contributed by atoms with E-state index in [9.17, 15) is 0 Å². The van der Waals surface area contributed by atoms with Gasteiger partial charge in [0.25, 0.3) is 0 Å². The van der Waals surface area contributed by atoms with Crippen molar-refractivity contribution in [3.05, 3.63) is 35.9 Å². The molecule has 1 atom stereocenters. The molecule has 0 heterocycles. The van der Waals surface area contributed by atoms with E-state index in [1.165, 1.54) is 5.56 Å². The van der Waals surface area contributed by atoms with Crippen molar-refractivity contribution < 1.29 is 0 Å². The van der Waals surface area contributed by atoms with E-state index in [4.69, 9.17) is 12.2 Å². The topological polar surface area (TPSA) is 3.24 Å². The summed E-state index contributed by atoms with van der Waals surface area (Å²) >= 11 is 5.33. The van der Waals surface area contributed by atoms with Crippen molar-refractivity contribution in [1.29, 1.82) is 0 Å². The average Bonchev–Trinajstić information content (AvgIpc) is 2.18. The molecule has 1 nitrogen and oxygen atoms in total. The van der Waals surface area contributed by atoms with E-state index < -0.39 is 0 Å². The molecular weight excluding hydrogens is 190 g/mol. The van der Waals surface area contributed by atoms with Crippen LogP contribution >= 0.6 is 12.2 Å². The summed E-state index contributed by atoms with van der Waals surface area (Å²) in [6.45, 7) is 2.18. The van der Waals surface area contributed by atoms with Crippen molar-refractivity contribution in [3.8, 4) is 0 Å². The van der Waals surface area contributed by atoms with E-state index in [1.807, 2.05) is 25.1 Å². The Balaban J connectivity index is 2.57. The lowest BCUT2D eigenvalue weighted by Gasteiger charge is -2.20. The van der Waals surface area contributed by atoms with Gasteiger partial charge >= 0.3 is 0 Å². The van der Waals surface area contributed by atoms with E-state index >= 15 is 0 Å². The predicted octanol–water partition coefficient (Wildman–Crippen LogP) is 2.75. The van der Waals surface area contributed by atoms with Crippen LogP contribution in [0.15, 0.2) is 30.3 Å². The number of nitrogens with zero attached hydrogens (tertiary/aromatic N) is 1. The molecule has 0 N–H and O–H groups in total. The highest BCUT2D eigenvalue weighted by molar-refractivity contribution is 7.80. The van der Waals surface area contributed by atoms with Crippen LogP contribution in [0.3, 0.4) is 0 Å². The highest BCUT2D eigenvalue weighted by Gasteiger charge is 2.10. The monoisotopic (exact) mass is 207 g/mol. The van der Waals surface area contributed by atoms with Gasteiger partial charge in [0.2, 0.25) is 0 Å². The van der Waals surface area contributed by atoms with Gasteiger partial charge in [-0.3, -0.25) is 0 Å². The Morgan fingerprint density at radius 2 is 1.86 bits per heavy atom. The Bertz CT molecular complexity index is 292. The molecule has 0 amide bonds. The third kappa shape index (κ3) is 3.11. The molecule has 0 aliphatic carbocycles. The SMILES string of the molecule is C[C@H](Cc1ccccc1)C(=S)N(C)C. The van der Waals surface area contributed by atoms with Gasteiger partial charge in [-0.2, -0.15) is 0 Å². The second-order valence-corrected chi connectivity index (χ2v) is 4.24. The van der Waals surface area contributed by atoms with E-state index in [0.717, 1.165) is 11.4 Å². The van der Waals surface area contributed by atoms with Gasteiger partial charge < -0.3 is 4.90 Å². The van der Waals surface area contributed by atoms with E-state index in [0.29, 0.717) is 5.92 Å². The molecule has 2 heteroatoms. The zero-order chi connectivity index (χ0) is 10.6. The van der Waals surface area contributed by atoms with Crippen LogP contribution in [0.25, 0.3) is 0 Å². The van der Waals surface area contributed by atoms with Gasteiger partial charge in [-0.05, 0) is 12.0 Å². The molecule has 1 aromatic rings. The van der Waals surface area contributed by atoms with Crippen LogP contribution < -0.4 is 0 Å². The molecule has 0 unspecified atom stereocenters.